The quantitative estimate of drug-likeness (QED) is 0.552. The first-order chi connectivity index (χ1) is 15.3. The molecule has 1 aliphatic heterocycles. The fourth-order valence-corrected chi connectivity index (χ4v) is 5.05. The summed E-state index contributed by atoms with van der Waals surface area (Å²) >= 11 is 7.17. The molecule has 172 valence electrons. The van der Waals surface area contributed by atoms with Crippen LogP contribution in [0.5, 0.6) is 0 Å². The van der Waals surface area contributed by atoms with Crippen molar-refractivity contribution in [2.24, 2.45) is 0 Å². The fraction of sp³-hybridized carbons (Fsp3) is 0.350. The number of hydrogen-bond acceptors (Lipinski definition) is 7. The number of nitrogens with zero attached hydrogens (tertiary/aromatic N) is 2. The maximum atomic E-state index is 12.3. The maximum absolute atomic E-state index is 12.3. The SMILES string of the molecule is O=C(CCNS(=O)(=O)c1cccc(Cl)c1)OCC(=O)N1CCN(C(=O)c2cccs2)CC1. The van der Waals surface area contributed by atoms with Crippen LogP contribution >= 0.6 is 22.9 Å². The van der Waals surface area contributed by atoms with Crippen molar-refractivity contribution in [1.29, 1.82) is 0 Å². The number of nitrogens with one attached hydrogen (secondary N) is 1. The van der Waals surface area contributed by atoms with Crippen LogP contribution in [0.15, 0.2) is 46.7 Å². The van der Waals surface area contributed by atoms with Crippen molar-refractivity contribution in [3.63, 3.8) is 0 Å². The first-order valence-electron chi connectivity index (χ1n) is 9.78. The lowest BCUT2D eigenvalue weighted by Gasteiger charge is -2.34. The minimum Gasteiger partial charge on any atom is -0.456 e. The van der Waals surface area contributed by atoms with Gasteiger partial charge in [0.2, 0.25) is 10.0 Å². The number of carbonyl (C=O) groups is 3. The number of esters is 1. The monoisotopic (exact) mass is 499 g/mol. The molecule has 1 saturated heterocycles. The third-order valence-electron chi connectivity index (χ3n) is 4.74. The van der Waals surface area contributed by atoms with E-state index in [1.165, 1.54) is 34.4 Å². The minimum atomic E-state index is -3.80. The van der Waals surface area contributed by atoms with Crippen LogP contribution < -0.4 is 4.72 Å². The van der Waals surface area contributed by atoms with Crippen LogP contribution in [-0.2, 0) is 24.3 Å². The third-order valence-corrected chi connectivity index (χ3v) is 7.29. The summed E-state index contributed by atoms with van der Waals surface area (Å²) in [6, 6.07) is 9.33. The first-order valence-corrected chi connectivity index (χ1v) is 12.5. The van der Waals surface area contributed by atoms with E-state index in [0.29, 0.717) is 31.1 Å². The van der Waals surface area contributed by atoms with Crippen molar-refractivity contribution < 1.29 is 27.5 Å². The second kappa shape index (κ2) is 10.9. The molecule has 1 aliphatic rings. The topological polar surface area (TPSA) is 113 Å². The minimum absolute atomic E-state index is 0.00903. The molecule has 0 saturated carbocycles. The number of rotatable bonds is 8. The number of piperazine rings is 1. The molecule has 9 nitrogen and oxygen atoms in total. The highest BCUT2D eigenvalue weighted by Gasteiger charge is 2.25. The first kappa shape index (κ1) is 24.2. The number of sulfonamides is 1. The Kier molecular flexibility index (Phi) is 8.24. The van der Waals surface area contributed by atoms with Gasteiger partial charge in [0, 0.05) is 37.7 Å². The number of ether oxygens (including phenoxy) is 1. The lowest BCUT2D eigenvalue weighted by Crippen LogP contribution is -2.51. The van der Waals surface area contributed by atoms with Gasteiger partial charge in [-0.15, -0.1) is 11.3 Å². The lowest BCUT2D eigenvalue weighted by atomic mass is 10.3. The van der Waals surface area contributed by atoms with Gasteiger partial charge in [-0.2, -0.15) is 0 Å². The van der Waals surface area contributed by atoms with Gasteiger partial charge in [0.1, 0.15) is 0 Å². The van der Waals surface area contributed by atoms with E-state index in [1.54, 1.807) is 17.0 Å². The maximum Gasteiger partial charge on any atom is 0.307 e. The van der Waals surface area contributed by atoms with Crippen molar-refractivity contribution in [2.45, 2.75) is 11.3 Å². The third kappa shape index (κ3) is 6.52. The highest BCUT2D eigenvalue weighted by molar-refractivity contribution is 7.89. The molecule has 32 heavy (non-hydrogen) atoms. The Morgan fingerprint density at radius 3 is 2.44 bits per heavy atom. The second-order valence-corrected chi connectivity index (χ2v) is 10.1. The molecule has 3 rings (SSSR count). The van der Waals surface area contributed by atoms with Gasteiger partial charge in [-0.25, -0.2) is 13.1 Å². The number of hydrogen-bond donors (Lipinski definition) is 1. The van der Waals surface area contributed by atoms with Crippen molar-refractivity contribution in [3.8, 4) is 0 Å². The smallest absolute Gasteiger partial charge is 0.307 e. The van der Waals surface area contributed by atoms with E-state index in [4.69, 9.17) is 16.3 Å². The van der Waals surface area contributed by atoms with E-state index in [2.05, 4.69) is 4.72 Å². The van der Waals surface area contributed by atoms with E-state index < -0.39 is 22.6 Å². The normalized spacial score (nSPS) is 14.3. The van der Waals surface area contributed by atoms with Crippen LogP contribution in [0.2, 0.25) is 5.02 Å². The Balaban J connectivity index is 1.36. The molecule has 0 bridgehead atoms. The predicted octanol–water partition coefficient (Wildman–Crippen LogP) is 1.60. The Labute approximate surface area is 195 Å². The predicted molar refractivity (Wildman–Crippen MR) is 119 cm³/mol. The summed E-state index contributed by atoms with van der Waals surface area (Å²) < 4.78 is 31.6. The molecular weight excluding hydrogens is 478 g/mol. The Hall–Kier alpha value is -2.47. The summed E-state index contributed by atoms with van der Waals surface area (Å²) in [7, 11) is -3.80. The largest absolute Gasteiger partial charge is 0.456 e. The Morgan fingerprint density at radius 2 is 1.78 bits per heavy atom. The summed E-state index contributed by atoms with van der Waals surface area (Å²) in [6.07, 6.45) is -0.226. The van der Waals surface area contributed by atoms with Crippen LogP contribution in [-0.4, -0.2) is 75.3 Å². The molecule has 0 aliphatic carbocycles. The zero-order valence-electron chi connectivity index (χ0n) is 17.0. The van der Waals surface area contributed by atoms with Gasteiger partial charge in [-0.3, -0.25) is 14.4 Å². The second-order valence-electron chi connectivity index (χ2n) is 6.92. The van der Waals surface area contributed by atoms with Crippen molar-refractivity contribution in [2.75, 3.05) is 39.3 Å². The number of halogens is 1. The van der Waals surface area contributed by atoms with Crippen LogP contribution in [0.4, 0.5) is 0 Å². The van der Waals surface area contributed by atoms with E-state index in [1.807, 2.05) is 11.4 Å². The van der Waals surface area contributed by atoms with Crippen LogP contribution in [0.25, 0.3) is 0 Å². The highest BCUT2D eigenvalue weighted by Crippen LogP contribution is 2.15. The lowest BCUT2D eigenvalue weighted by molar-refractivity contribution is -0.152. The molecule has 0 atom stereocenters. The molecule has 1 aromatic heterocycles. The van der Waals surface area contributed by atoms with Gasteiger partial charge >= 0.3 is 5.97 Å². The summed E-state index contributed by atoms with van der Waals surface area (Å²) in [5.41, 5.74) is 0. The standard InChI is InChI=1S/C20H22ClN3O6S2/c21-15-3-1-4-16(13-15)32(28,29)22-7-6-19(26)30-14-18(25)23-8-10-24(11-9-23)20(27)17-5-2-12-31-17/h1-5,12-13,22H,6-11,14H2. The summed E-state index contributed by atoms with van der Waals surface area (Å²) in [6.45, 7) is 0.910. The Bertz CT molecular complexity index is 1070. The molecule has 2 aromatic rings. The van der Waals surface area contributed by atoms with Crippen LogP contribution in [0.3, 0.4) is 0 Å². The molecular formula is C20H22ClN3O6S2. The van der Waals surface area contributed by atoms with Crippen molar-refractivity contribution in [1.82, 2.24) is 14.5 Å². The highest BCUT2D eigenvalue weighted by atomic mass is 35.5. The number of benzene rings is 1. The summed E-state index contributed by atoms with van der Waals surface area (Å²) in [5.74, 6) is -1.11. The summed E-state index contributed by atoms with van der Waals surface area (Å²) in [5, 5.41) is 2.12. The zero-order valence-corrected chi connectivity index (χ0v) is 19.4. The molecule has 0 spiro atoms. The fourth-order valence-electron chi connectivity index (χ4n) is 3.03. The van der Waals surface area contributed by atoms with Gasteiger partial charge in [0.05, 0.1) is 16.2 Å². The Morgan fingerprint density at radius 1 is 1.06 bits per heavy atom. The van der Waals surface area contributed by atoms with E-state index >= 15 is 0 Å². The molecule has 0 radical (unpaired) electrons. The van der Waals surface area contributed by atoms with E-state index in [9.17, 15) is 22.8 Å². The average Bonchev–Trinajstić information content (AvgIpc) is 3.32. The molecule has 1 N–H and O–H groups in total. The van der Waals surface area contributed by atoms with Crippen LogP contribution in [0.1, 0.15) is 16.1 Å². The molecule has 1 aromatic carbocycles. The molecule has 2 amide bonds. The van der Waals surface area contributed by atoms with Gasteiger partial charge in [0.15, 0.2) is 6.61 Å². The molecule has 12 heteroatoms. The zero-order chi connectivity index (χ0) is 23.1. The number of carbonyl (C=O) groups excluding carboxylic acids is 3. The van der Waals surface area contributed by atoms with Crippen molar-refractivity contribution in [3.05, 3.63) is 51.7 Å². The molecule has 0 unspecified atom stereocenters. The van der Waals surface area contributed by atoms with E-state index in [0.717, 1.165) is 0 Å². The summed E-state index contributed by atoms with van der Waals surface area (Å²) in [4.78, 5) is 40.4. The average molecular weight is 500 g/mol. The van der Waals surface area contributed by atoms with Crippen molar-refractivity contribution >= 4 is 50.7 Å². The van der Waals surface area contributed by atoms with Gasteiger partial charge in [-0.05, 0) is 29.6 Å². The van der Waals surface area contributed by atoms with Gasteiger partial charge < -0.3 is 14.5 Å². The number of thiophene rings is 1. The molecule has 2 heterocycles. The number of amides is 2. The van der Waals surface area contributed by atoms with Gasteiger partial charge in [0.25, 0.3) is 11.8 Å². The van der Waals surface area contributed by atoms with Gasteiger partial charge in [-0.1, -0.05) is 23.7 Å². The van der Waals surface area contributed by atoms with E-state index in [-0.39, 0.29) is 34.7 Å². The van der Waals surface area contributed by atoms with Crippen LogP contribution in [0, 0.1) is 0 Å². The molecule has 1 fully saturated rings.